The standard InChI is InChI=1S/C10H22N.F2NO4S2/c1-4-7-11(3)8-5-6-10(2)9-11;1-8(4,5)3-9(2,6)7/h10H,4-9H2,1-3H3;/q+1;-1. The summed E-state index contributed by atoms with van der Waals surface area (Å²) in [5, 5.41) is 0. The van der Waals surface area contributed by atoms with Crippen molar-refractivity contribution in [3.63, 3.8) is 0 Å². The summed E-state index contributed by atoms with van der Waals surface area (Å²) in [4.78, 5) is 0. The highest BCUT2D eigenvalue weighted by atomic mass is 32.3. The molecule has 1 heterocycles. The minimum atomic E-state index is -5.62. The van der Waals surface area contributed by atoms with Crippen molar-refractivity contribution < 1.29 is 29.1 Å². The molecule has 1 aliphatic heterocycles. The summed E-state index contributed by atoms with van der Waals surface area (Å²) in [5.74, 6) is 0.959. The SMILES string of the molecule is CCC[N+]1(C)CCCC(C)C1.O=S(=O)(F)[N-]S(=O)(=O)F. The van der Waals surface area contributed by atoms with E-state index < -0.39 is 20.8 Å². The van der Waals surface area contributed by atoms with Gasteiger partial charge >= 0.3 is 0 Å². The lowest BCUT2D eigenvalue weighted by Crippen LogP contribution is -2.50. The molecule has 2 atom stereocenters. The third-order valence-corrected chi connectivity index (χ3v) is 4.51. The van der Waals surface area contributed by atoms with Crippen LogP contribution in [-0.4, -0.2) is 48.0 Å². The Morgan fingerprint density at radius 2 is 1.70 bits per heavy atom. The van der Waals surface area contributed by atoms with E-state index in [0.717, 1.165) is 10.0 Å². The predicted molar refractivity (Wildman–Crippen MR) is 72.9 cm³/mol. The second-order valence-electron chi connectivity index (χ2n) is 5.40. The van der Waals surface area contributed by atoms with Crippen LogP contribution in [0.25, 0.3) is 4.13 Å². The molecule has 1 saturated heterocycles. The zero-order chi connectivity index (χ0) is 16.0. The first-order valence-electron chi connectivity index (χ1n) is 6.34. The maximum Gasteiger partial charge on any atom is 0.241 e. The van der Waals surface area contributed by atoms with Gasteiger partial charge in [0.15, 0.2) is 0 Å². The molecule has 122 valence electrons. The molecule has 1 aliphatic rings. The number of hydrogen-bond acceptors (Lipinski definition) is 4. The second kappa shape index (κ2) is 7.62. The van der Waals surface area contributed by atoms with Gasteiger partial charge in [-0.3, -0.25) is 0 Å². The van der Waals surface area contributed by atoms with Crippen LogP contribution in [0, 0.1) is 5.92 Å². The maximum absolute atomic E-state index is 11.1. The maximum atomic E-state index is 11.1. The molecule has 0 aliphatic carbocycles. The van der Waals surface area contributed by atoms with E-state index >= 15 is 0 Å². The fourth-order valence-corrected chi connectivity index (χ4v) is 3.46. The van der Waals surface area contributed by atoms with Gasteiger partial charge in [0.25, 0.3) is 0 Å². The average Bonchev–Trinajstić information content (AvgIpc) is 2.11. The predicted octanol–water partition coefficient (Wildman–Crippen LogP) is 2.06. The molecule has 0 radical (unpaired) electrons. The molecule has 1 fully saturated rings. The van der Waals surface area contributed by atoms with Crippen molar-refractivity contribution in [3.8, 4) is 0 Å². The van der Waals surface area contributed by atoms with Gasteiger partial charge in [0, 0.05) is 5.92 Å². The molecule has 0 N–H and O–H groups in total. The summed E-state index contributed by atoms with van der Waals surface area (Å²) in [6, 6.07) is 0. The highest BCUT2D eigenvalue weighted by Gasteiger charge is 2.27. The van der Waals surface area contributed by atoms with Crippen molar-refractivity contribution in [1.82, 2.24) is 0 Å². The average molecular weight is 336 g/mol. The molecule has 0 spiro atoms. The minimum Gasteiger partial charge on any atom is -0.379 e. The van der Waals surface area contributed by atoms with Crippen LogP contribution in [0.4, 0.5) is 7.77 Å². The van der Waals surface area contributed by atoms with Crippen LogP contribution in [0.5, 0.6) is 0 Å². The number of nitrogens with zero attached hydrogens (tertiary/aromatic N) is 2. The van der Waals surface area contributed by atoms with Crippen LogP contribution in [-0.2, 0) is 20.8 Å². The summed E-state index contributed by atoms with van der Waals surface area (Å²) in [6.45, 7) is 8.89. The molecule has 0 saturated carbocycles. The van der Waals surface area contributed by atoms with E-state index in [9.17, 15) is 24.6 Å². The Bertz CT molecular complexity index is 461. The van der Waals surface area contributed by atoms with Crippen LogP contribution < -0.4 is 0 Å². The lowest BCUT2D eigenvalue weighted by atomic mass is 9.98. The van der Waals surface area contributed by atoms with Crippen molar-refractivity contribution in [3.05, 3.63) is 4.13 Å². The van der Waals surface area contributed by atoms with E-state index in [1.54, 1.807) is 0 Å². The van der Waals surface area contributed by atoms with E-state index in [0.29, 0.717) is 0 Å². The molecule has 20 heavy (non-hydrogen) atoms. The molecule has 2 unspecified atom stereocenters. The largest absolute Gasteiger partial charge is 0.379 e. The highest BCUT2D eigenvalue weighted by Crippen LogP contribution is 2.21. The van der Waals surface area contributed by atoms with Crippen molar-refractivity contribution >= 4 is 20.8 Å². The lowest BCUT2D eigenvalue weighted by molar-refractivity contribution is -0.917. The topological polar surface area (TPSA) is 82.4 Å². The fraction of sp³-hybridized carbons (Fsp3) is 1.00. The third kappa shape index (κ3) is 10.5. The molecule has 0 aromatic carbocycles. The second-order valence-corrected chi connectivity index (χ2v) is 7.64. The third-order valence-electron chi connectivity index (χ3n) is 3.09. The van der Waals surface area contributed by atoms with Crippen molar-refractivity contribution in [2.45, 2.75) is 33.1 Å². The Hall–Kier alpha value is -0.320. The Kier molecular flexibility index (Phi) is 7.50. The summed E-state index contributed by atoms with van der Waals surface area (Å²) < 4.78 is 61.4. The first-order chi connectivity index (χ1) is 8.87. The van der Waals surface area contributed by atoms with E-state index in [-0.39, 0.29) is 0 Å². The zero-order valence-corrected chi connectivity index (χ0v) is 13.6. The molecule has 0 bridgehead atoms. The molecular weight excluding hydrogens is 314 g/mol. The van der Waals surface area contributed by atoms with Crippen molar-refractivity contribution in [1.29, 1.82) is 0 Å². The van der Waals surface area contributed by atoms with Crippen LogP contribution in [0.15, 0.2) is 0 Å². The van der Waals surface area contributed by atoms with Crippen LogP contribution >= 0.6 is 0 Å². The smallest absolute Gasteiger partial charge is 0.241 e. The van der Waals surface area contributed by atoms with Gasteiger partial charge in [-0.25, -0.2) is 16.8 Å². The molecule has 10 heteroatoms. The first-order valence-corrected chi connectivity index (χ1v) is 9.02. The fourth-order valence-electron chi connectivity index (χ4n) is 2.61. The molecule has 1 rings (SSSR count). The summed E-state index contributed by atoms with van der Waals surface area (Å²) in [5.41, 5.74) is 0. The summed E-state index contributed by atoms with van der Waals surface area (Å²) in [7, 11) is -8.82. The normalized spacial score (nSPS) is 27.6. The van der Waals surface area contributed by atoms with Crippen LogP contribution in [0.3, 0.4) is 0 Å². The number of quaternary nitrogens is 1. The number of hydrogen-bond donors (Lipinski definition) is 0. The van der Waals surface area contributed by atoms with Gasteiger partial charge in [-0.15, -0.1) is 7.77 Å². The molecule has 0 aromatic rings. The lowest BCUT2D eigenvalue weighted by Gasteiger charge is -2.40. The number of rotatable bonds is 4. The van der Waals surface area contributed by atoms with Gasteiger partial charge in [0.1, 0.15) is 0 Å². The van der Waals surface area contributed by atoms with E-state index in [1.165, 1.54) is 43.4 Å². The monoisotopic (exact) mass is 336 g/mol. The minimum absolute atomic E-state index is 0.959. The highest BCUT2D eigenvalue weighted by molar-refractivity contribution is 8.07. The number of piperidine rings is 1. The van der Waals surface area contributed by atoms with Gasteiger partial charge < -0.3 is 8.61 Å². The summed E-state index contributed by atoms with van der Waals surface area (Å²) in [6.07, 6.45) is 4.23. The van der Waals surface area contributed by atoms with Crippen molar-refractivity contribution in [2.24, 2.45) is 5.92 Å². The Morgan fingerprint density at radius 3 is 2.00 bits per heavy atom. The van der Waals surface area contributed by atoms with E-state index in [2.05, 4.69) is 20.9 Å². The molecule has 0 amide bonds. The first kappa shape index (κ1) is 19.7. The van der Waals surface area contributed by atoms with Crippen molar-refractivity contribution in [2.75, 3.05) is 26.7 Å². The summed E-state index contributed by atoms with van der Waals surface area (Å²) >= 11 is 0. The van der Waals surface area contributed by atoms with Gasteiger partial charge in [0.05, 0.1) is 26.7 Å². The van der Waals surface area contributed by atoms with Gasteiger partial charge in [-0.1, -0.05) is 13.8 Å². The number of likely N-dealkylation sites (tertiary alicyclic amines) is 1. The van der Waals surface area contributed by atoms with Gasteiger partial charge in [-0.05, 0) is 19.3 Å². The Labute approximate surface area is 120 Å². The van der Waals surface area contributed by atoms with Gasteiger partial charge in [0.2, 0.25) is 20.8 Å². The zero-order valence-electron chi connectivity index (χ0n) is 11.9. The molecule has 0 aromatic heterocycles. The van der Waals surface area contributed by atoms with E-state index in [4.69, 9.17) is 0 Å². The quantitative estimate of drug-likeness (QED) is 0.581. The van der Waals surface area contributed by atoms with Crippen LogP contribution in [0.1, 0.15) is 33.1 Å². The van der Waals surface area contributed by atoms with E-state index in [1.807, 2.05) is 0 Å². The Morgan fingerprint density at radius 1 is 1.20 bits per heavy atom. The Balaban J connectivity index is 0.000000370. The van der Waals surface area contributed by atoms with Crippen LogP contribution in [0.2, 0.25) is 0 Å². The number of halogens is 2. The molecule has 6 nitrogen and oxygen atoms in total. The van der Waals surface area contributed by atoms with Gasteiger partial charge in [-0.2, -0.15) is 0 Å². The molecular formula is C10H22F2N2O4S2.